The monoisotopic (exact) mass is 470 g/mol. The highest BCUT2D eigenvalue weighted by molar-refractivity contribution is 7.89. The third kappa shape index (κ3) is 5.81. The number of likely N-dealkylation sites (tertiary alicyclic amines) is 1. The van der Waals surface area contributed by atoms with Crippen molar-refractivity contribution < 1.29 is 13.2 Å². The summed E-state index contributed by atoms with van der Waals surface area (Å²) < 4.78 is 27.3. The van der Waals surface area contributed by atoms with Gasteiger partial charge in [0, 0.05) is 51.4 Å². The molecule has 7 nitrogen and oxygen atoms in total. The maximum atomic E-state index is 12.9. The van der Waals surface area contributed by atoms with Crippen molar-refractivity contribution in [3.8, 4) is 0 Å². The highest BCUT2D eigenvalue weighted by Crippen LogP contribution is 2.24. The lowest BCUT2D eigenvalue weighted by molar-refractivity contribution is -0.123. The first-order valence-corrected chi connectivity index (χ1v) is 13.1. The third-order valence-electron chi connectivity index (χ3n) is 6.77. The smallest absolute Gasteiger partial charge is 0.243 e. The molecule has 2 aromatic carbocycles. The molecule has 2 fully saturated rings. The number of carbonyl (C=O) groups excluding carboxylic acids is 1. The first-order valence-electron chi connectivity index (χ1n) is 11.7. The lowest BCUT2D eigenvalue weighted by Gasteiger charge is -2.33. The van der Waals surface area contributed by atoms with E-state index in [1.165, 1.54) is 9.87 Å². The van der Waals surface area contributed by atoms with Gasteiger partial charge in [-0.3, -0.25) is 14.6 Å². The summed E-state index contributed by atoms with van der Waals surface area (Å²) in [6.07, 6.45) is 0.950. The predicted octanol–water partition coefficient (Wildman–Crippen LogP) is 2.25. The highest BCUT2D eigenvalue weighted by Gasteiger charge is 2.31. The van der Waals surface area contributed by atoms with Crippen LogP contribution in [-0.4, -0.2) is 80.3 Å². The van der Waals surface area contributed by atoms with Crippen LogP contribution in [0.25, 0.3) is 0 Å². The lowest BCUT2D eigenvalue weighted by Crippen LogP contribution is -2.52. The van der Waals surface area contributed by atoms with Crippen LogP contribution < -0.4 is 5.32 Å². The number of carbonyl (C=O) groups is 1. The van der Waals surface area contributed by atoms with Gasteiger partial charge in [0.15, 0.2) is 0 Å². The molecule has 1 amide bonds. The van der Waals surface area contributed by atoms with Gasteiger partial charge in [-0.2, -0.15) is 4.31 Å². The average molecular weight is 471 g/mol. The van der Waals surface area contributed by atoms with Crippen LogP contribution in [0.15, 0.2) is 59.5 Å². The summed E-state index contributed by atoms with van der Waals surface area (Å²) in [5, 5.41) is 3.18. The third-order valence-corrected chi connectivity index (χ3v) is 8.68. The number of piperazine rings is 1. The normalized spacial score (nSPS) is 21.7. The fourth-order valence-electron chi connectivity index (χ4n) is 4.66. The molecule has 0 bridgehead atoms. The molecule has 0 saturated carbocycles. The van der Waals surface area contributed by atoms with Crippen molar-refractivity contribution in [2.45, 2.75) is 37.2 Å². The van der Waals surface area contributed by atoms with Crippen molar-refractivity contribution in [1.82, 2.24) is 19.4 Å². The number of benzene rings is 2. The summed E-state index contributed by atoms with van der Waals surface area (Å²) in [4.78, 5) is 17.4. The molecule has 2 aliphatic heterocycles. The second-order valence-corrected chi connectivity index (χ2v) is 11.1. The molecular formula is C25H34N4O3S. The minimum absolute atomic E-state index is 0.0176. The molecule has 4 rings (SSSR count). The van der Waals surface area contributed by atoms with Crippen LogP contribution in [0.4, 0.5) is 0 Å². The van der Waals surface area contributed by atoms with E-state index in [1.807, 2.05) is 30.0 Å². The Morgan fingerprint density at radius 3 is 2.33 bits per heavy atom. The van der Waals surface area contributed by atoms with E-state index in [-0.39, 0.29) is 11.9 Å². The molecule has 2 unspecified atom stereocenters. The van der Waals surface area contributed by atoms with E-state index in [4.69, 9.17) is 0 Å². The summed E-state index contributed by atoms with van der Waals surface area (Å²) >= 11 is 0. The summed E-state index contributed by atoms with van der Waals surface area (Å²) in [6.45, 7) is 8.19. The Kier molecular flexibility index (Phi) is 7.48. The molecule has 178 valence electrons. The molecule has 2 aromatic rings. The average Bonchev–Trinajstić information content (AvgIpc) is 3.28. The second kappa shape index (κ2) is 10.3. The van der Waals surface area contributed by atoms with Crippen LogP contribution in [0.1, 0.15) is 30.5 Å². The van der Waals surface area contributed by atoms with Crippen LogP contribution in [0, 0.1) is 6.92 Å². The van der Waals surface area contributed by atoms with Crippen molar-refractivity contribution in [3.05, 3.63) is 65.7 Å². The number of hydrogen-bond acceptors (Lipinski definition) is 5. The standard InChI is InChI=1S/C25H34N4O3S/c1-20-8-10-24(11-9-20)33(31,32)29-16-14-27(15-17-29)19-25(30)26-23-12-13-28(18-23)21(2)22-6-4-3-5-7-22/h3-11,21,23H,12-19H2,1-2H3,(H,26,30). The molecule has 0 aromatic heterocycles. The quantitative estimate of drug-likeness (QED) is 0.672. The highest BCUT2D eigenvalue weighted by atomic mass is 32.2. The number of nitrogens with zero attached hydrogens (tertiary/aromatic N) is 3. The Morgan fingerprint density at radius 1 is 1.00 bits per heavy atom. The van der Waals surface area contributed by atoms with Crippen molar-refractivity contribution in [1.29, 1.82) is 0 Å². The number of aryl methyl sites for hydroxylation is 1. The molecule has 0 radical (unpaired) electrons. The Hall–Kier alpha value is -2.26. The van der Waals surface area contributed by atoms with Gasteiger partial charge in [0.25, 0.3) is 0 Å². The van der Waals surface area contributed by atoms with Crippen molar-refractivity contribution >= 4 is 15.9 Å². The summed E-state index contributed by atoms with van der Waals surface area (Å²) in [5.41, 5.74) is 2.33. The van der Waals surface area contributed by atoms with Crippen LogP contribution in [0.3, 0.4) is 0 Å². The van der Waals surface area contributed by atoms with Gasteiger partial charge in [0.1, 0.15) is 0 Å². The molecule has 0 aliphatic carbocycles. The van der Waals surface area contributed by atoms with Gasteiger partial charge in [-0.1, -0.05) is 48.0 Å². The van der Waals surface area contributed by atoms with E-state index in [0.717, 1.165) is 25.1 Å². The van der Waals surface area contributed by atoms with Crippen molar-refractivity contribution in [2.24, 2.45) is 0 Å². The molecule has 2 saturated heterocycles. The van der Waals surface area contributed by atoms with Gasteiger partial charge in [-0.15, -0.1) is 0 Å². The number of hydrogen-bond donors (Lipinski definition) is 1. The Balaban J connectivity index is 1.22. The predicted molar refractivity (Wildman–Crippen MR) is 129 cm³/mol. The minimum Gasteiger partial charge on any atom is -0.351 e. The van der Waals surface area contributed by atoms with E-state index in [2.05, 4.69) is 41.4 Å². The number of sulfonamides is 1. The van der Waals surface area contributed by atoms with Crippen molar-refractivity contribution in [2.75, 3.05) is 45.8 Å². The first-order chi connectivity index (χ1) is 15.8. The van der Waals surface area contributed by atoms with Crippen LogP contribution in [-0.2, 0) is 14.8 Å². The largest absolute Gasteiger partial charge is 0.351 e. The van der Waals surface area contributed by atoms with Gasteiger partial charge in [-0.25, -0.2) is 8.42 Å². The molecule has 2 aliphatic rings. The summed E-state index contributed by atoms with van der Waals surface area (Å²) in [6, 6.07) is 17.9. The van der Waals surface area contributed by atoms with E-state index < -0.39 is 10.0 Å². The van der Waals surface area contributed by atoms with Crippen LogP contribution in [0.5, 0.6) is 0 Å². The van der Waals surface area contributed by atoms with Crippen LogP contribution in [0.2, 0.25) is 0 Å². The van der Waals surface area contributed by atoms with Crippen LogP contribution >= 0.6 is 0 Å². The maximum Gasteiger partial charge on any atom is 0.243 e. The molecule has 33 heavy (non-hydrogen) atoms. The van der Waals surface area contributed by atoms with Gasteiger partial charge >= 0.3 is 0 Å². The zero-order valence-corrected chi connectivity index (χ0v) is 20.3. The van der Waals surface area contributed by atoms with E-state index in [0.29, 0.717) is 43.7 Å². The van der Waals surface area contributed by atoms with Gasteiger partial charge in [-0.05, 0) is 38.0 Å². The lowest BCUT2D eigenvalue weighted by atomic mass is 10.1. The fourth-order valence-corrected chi connectivity index (χ4v) is 6.09. The summed E-state index contributed by atoms with van der Waals surface area (Å²) in [5.74, 6) is 0.0176. The molecular weight excluding hydrogens is 436 g/mol. The zero-order chi connectivity index (χ0) is 23.4. The molecule has 1 N–H and O–H groups in total. The zero-order valence-electron chi connectivity index (χ0n) is 19.5. The maximum absolute atomic E-state index is 12.9. The summed E-state index contributed by atoms with van der Waals surface area (Å²) in [7, 11) is -3.49. The van der Waals surface area contributed by atoms with Gasteiger partial charge in [0.05, 0.1) is 11.4 Å². The van der Waals surface area contributed by atoms with Gasteiger partial charge < -0.3 is 5.32 Å². The fraction of sp³-hybridized carbons (Fsp3) is 0.480. The number of nitrogens with one attached hydrogen (secondary N) is 1. The molecule has 0 spiro atoms. The molecule has 2 atom stereocenters. The second-order valence-electron chi connectivity index (χ2n) is 9.13. The topological polar surface area (TPSA) is 73.0 Å². The first kappa shape index (κ1) is 23.9. The Morgan fingerprint density at radius 2 is 1.67 bits per heavy atom. The SMILES string of the molecule is Cc1ccc(S(=O)(=O)N2CCN(CC(=O)NC3CCN(C(C)c4ccccc4)C3)CC2)cc1. The number of rotatable bonds is 7. The molecule has 2 heterocycles. The van der Waals surface area contributed by atoms with Gasteiger partial charge in [0.2, 0.25) is 15.9 Å². The number of amides is 1. The molecule has 8 heteroatoms. The van der Waals surface area contributed by atoms with E-state index in [1.54, 1.807) is 12.1 Å². The van der Waals surface area contributed by atoms with E-state index >= 15 is 0 Å². The van der Waals surface area contributed by atoms with Crippen molar-refractivity contribution in [3.63, 3.8) is 0 Å². The Labute approximate surface area is 197 Å². The Bertz CT molecular complexity index is 1040. The minimum atomic E-state index is -3.49. The van der Waals surface area contributed by atoms with E-state index in [9.17, 15) is 13.2 Å².